The molecule has 1 amide bonds. The summed E-state index contributed by atoms with van der Waals surface area (Å²) in [6, 6.07) is 0. The first-order valence-corrected chi connectivity index (χ1v) is 12.2. The maximum Gasteiger partial charge on any atom is 0.396 e. The summed E-state index contributed by atoms with van der Waals surface area (Å²) in [6.07, 6.45) is 16.6. The lowest BCUT2D eigenvalue weighted by Gasteiger charge is -2.37. The average molecular weight is 426 g/mol. The largest absolute Gasteiger partial charge is 0.461 e. The van der Waals surface area contributed by atoms with Gasteiger partial charge in [-0.1, -0.05) is 90.9 Å². The minimum absolute atomic E-state index is 0.111. The van der Waals surface area contributed by atoms with Crippen molar-refractivity contribution in [2.75, 3.05) is 0 Å². The number of carbonyl (C=O) groups is 3. The number of amides is 1. The lowest BCUT2D eigenvalue weighted by Crippen LogP contribution is -2.47. The minimum atomic E-state index is -1.08. The summed E-state index contributed by atoms with van der Waals surface area (Å²) in [5.74, 6) is -2.34. The predicted octanol–water partition coefficient (Wildman–Crippen LogP) is 5.21. The van der Waals surface area contributed by atoms with E-state index in [1.807, 2.05) is 0 Å². The van der Waals surface area contributed by atoms with Crippen LogP contribution in [0.1, 0.15) is 117 Å². The number of nitrogens with two attached hydrogens (primary N) is 1. The van der Waals surface area contributed by atoms with Gasteiger partial charge in [-0.25, -0.2) is 4.79 Å². The van der Waals surface area contributed by atoms with Crippen molar-refractivity contribution < 1.29 is 23.9 Å². The summed E-state index contributed by atoms with van der Waals surface area (Å²) in [5.41, 5.74) is 5.05. The monoisotopic (exact) mass is 425 g/mol. The highest BCUT2D eigenvalue weighted by molar-refractivity contribution is 6.31. The summed E-state index contributed by atoms with van der Waals surface area (Å²) in [7, 11) is 0. The van der Waals surface area contributed by atoms with Crippen molar-refractivity contribution in [3.8, 4) is 0 Å². The molecule has 6 heteroatoms. The topological polar surface area (TPSA) is 95.7 Å². The second kappa shape index (κ2) is 16.1. The summed E-state index contributed by atoms with van der Waals surface area (Å²) in [6.45, 7) is 4.38. The number of carbonyl (C=O) groups excluding carboxylic acids is 3. The molecule has 1 fully saturated rings. The Morgan fingerprint density at radius 2 is 1.43 bits per heavy atom. The number of unbranched alkanes of at least 4 members (excludes halogenated alkanes) is 11. The zero-order valence-corrected chi connectivity index (χ0v) is 19.2. The predicted molar refractivity (Wildman–Crippen MR) is 118 cm³/mol. The Bertz CT molecular complexity index is 508. The molecule has 174 valence electrons. The van der Waals surface area contributed by atoms with Gasteiger partial charge in [0, 0.05) is 6.42 Å². The third kappa shape index (κ3) is 11.0. The summed E-state index contributed by atoms with van der Waals surface area (Å²) >= 11 is 0. The Kier molecular flexibility index (Phi) is 14.2. The van der Waals surface area contributed by atoms with Gasteiger partial charge in [-0.2, -0.15) is 0 Å². The van der Waals surface area contributed by atoms with Gasteiger partial charge >= 0.3 is 17.8 Å². The van der Waals surface area contributed by atoms with E-state index in [2.05, 4.69) is 13.8 Å². The first kappa shape index (κ1) is 26.4. The molecular weight excluding hydrogens is 382 g/mol. The molecule has 30 heavy (non-hydrogen) atoms. The molecule has 0 aromatic carbocycles. The van der Waals surface area contributed by atoms with Crippen LogP contribution in [-0.4, -0.2) is 30.1 Å². The van der Waals surface area contributed by atoms with Gasteiger partial charge in [-0.05, 0) is 19.3 Å². The van der Waals surface area contributed by atoms with E-state index in [0.29, 0.717) is 12.8 Å². The number of cyclic esters (lactones) is 1. The first-order chi connectivity index (χ1) is 14.5. The smallest absolute Gasteiger partial charge is 0.396 e. The highest BCUT2D eigenvalue weighted by Crippen LogP contribution is 2.32. The summed E-state index contributed by atoms with van der Waals surface area (Å²) in [4.78, 5) is 34.6. The fourth-order valence-corrected chi connectivity index (χ4v) is 4.08. The molecule has 0 aliphatic carbocycles. The lowest BCUT2D eigenvalue weighted by molar-refractivity contribution is -0.190. The van der Waals surface area contributed by atoms with Gasteiger partial charge in [0.1, 0.15) is 12.2 Å². The van der Waals surface area contributed by atoms with Crippen LogP contribution in [0.15, 0.2) is 0 Å². The standard InChI is InChI=1S/C24H43NO5/c1-3-5-7-9-10-11-12-13-14-16-19(29-24(28)22(25)26)18-21-20(23(27)30-21)17-15-8-6-4-2/h19-21H,3-18H2,1-2H3,(H2,25,26)/t19-,20-,21-/m0/s1. The number of hydrogen-bond donors (Lipinski definition) is 1. The van der Waals surface area contributed by atoms with Crippen LogP contribution in [0.2, 0.25) is 0 Å². The normalized spacial score (nSPS) is 19.1. The molecule has 0 saturated carbocycles. The molecule has 0 aromatic rings. The molecule has 0 aromatic heterocycles. The minimum Gasteiger partial charge on any atom is -0.461 e. The molecule has 0 radical (unpaired) electrons. The number of primary amides is 1. The van der Waals surface area contributed by atoms with E-state index >= 15 is 0 Å². The molecule has 0 bridgehead atoms. The fourth-order valence-electron chi connectivity index (χ4n) is 4.08. The molecule has 3 atom stereocenters. The van der Waals surface area contributed by atoms with E-state index < -0.39 is 18.0 Å². The van der Waals surface area contributed by atoms with Crippen LogP contribution in [0.3, 0.4) is 0 Å². The van der Waals surface area contributed by atoms with E-state index in [4.69, 9.17) is 15.2 Å². The molecule has 0 unspecified atom stereocenters. The molecule has 1 aliphatic rings. The van der Waals surface area contributed by atoms with Crippen LogP contribution in [0.25, 0.3) is 0 Å². The van der Waals surface area contributed by atoms with Gasteiger partial charge < -0.3 is 15.2 Å². The fraction of sp³-hybridized carbons (Fsp3) is 0.875. The third-order valence-electron chi connectivity index (χ3n) is 5.99. The number of hydrogen-bond acceptors (Lipinski definition) is 5. The zero-order valence-electron chi connectivity index (χ0n) is 19.2. The van der Waals surface area contributed by atoms with Crippen LogP contribution in [0.4, 0.5) is 0 Å². The third-order valence-corrected chi connectivity index (χ3v) is 5.99. The van der Waals surface area contributed by atoms with E-state index in [1.54, 1.807) is 0 Å². The van der Waals surface area contributed by atoms with E-state index in [0.717, 1.165) is 38.5 Å². The molecule has 0 spiro atoms. The van der Waals surface area contributed by atoms with Crippen molar-refractivity contribution in [2.45, 2.75) is 129 Å². The molecule has 6 nitrogen and oxygen atoms in total. The van der Waals surface area contributed by atoms with Crippen molar-refractivity contribution >= 4 is 17.8 Å². The second-order valence-corrected chi connectivity index (χ2v) is 8.68. The van der Waals surface area contributed by atoms with Crippen molar-refractivity contribution in [1.82, 2.24) is 0 Å². The van der Waals surface area contributed by atoms with Crippen molar-refractivity contribution in [2.24, 2.45) is 11.7 Å². The van der Waals surface area contributed by atoms with Crippen LogP contribution in [-0.2, 0) is 23.9 Å². The Balaban J connectivity index is 2.35. The van der Waals surface area contributed by atoms with Gasteiger partial charge in [0.25, 0.3) is 0 Å². The Hall–Kier alpha value is -1.59. The van der Waals surface area contributed by atoms with Gasteiger partial charge in [-0.3, -0.25) is 9.59 Å². The maximum absolute atomic E-state index is 11.8. The Labute approximate surface area is 182 Å². The quantitative estimate of drug-likeness (QED) is 0.185. The number of esters is 2. The van der Waals surface area contributed by atoms with Gasteiger partial charge in [-0.15, -0.1) is 0 Å². The van der Waals surface area contributed by atoms with Crippen molar-refractivity contribution in [3.05, 3.63) is 0 Å². The first-order valence-electron chi connectivity index (χ1n) is 12.2. The van der Waals surface area contributed by atoms with Gasteiger partial charge in [0.15, 0.2) is 0 Å². The molecule has 1 saturated heterocycles. The van der Waals surface area contributed by atoms with E-state index in [-0.39, 0.29) is 18.0 Å². The molecule has 1 rings (SSSR count). The SMILES string of the molecule is CCCCCCCCCCC[C@@H](C[C@@H]1OC(=O)[C@H]1CCCCCC)OC(=O)C(N)=O. The van der Waals surface area contributed by atoms with Gasteiger partial charge in [0.05, 0.1) is 5.92 Å². The van der Waals surface area contributed by atoms with Gasteiger partial charge in [0.2, 0.25) is 0 Å². The average Bonchev–Trinajstić information content (AvgIpc) is 2.71. The highest BCUT2D eigenvalue weighted by atomic mass is 16.6. The zero-order chi connectivity index (χ0) is 22.2. The Morgan fingerprint density at radius 1 is 0.900 bits per heavy atom. The summed E-state index contributed by atoms with van der Waals surface area (Å²) < 4.78 is 10.6. The van der Waals surface area contributed by atoms with Crippen LogP contribution in [0, 0.1) is 5.92 Å². The molecular formula is C24H43NO5. The Morgan fingerprint density at radius 3 is 1.97 bits per heavy atom. The highest BCUT2D eigenvalue weighted by Gasteiger charge is 2.43. The van der Waals surface area contributed by atoms with Crippen molar-refractivity contribution in [1.29, 1.82) is 0 Å². The van der Waals surface area contributed by atoms with Crippen LogP contribution in [0.5, 0.6) is 0 Å². The summed E-state index contributed by atoms with van der Waals surface area (Å²) in [5, 5.41) is 0. The lowest BCUT2D eigenvalue weighted by atomic mass is 9.86. The molecule has 2 N–H and O–H groups in total. The molecule has 1 heterocycles. The number of rotatable bonds is 18. The van der Waals surface area contributed by atoms with E-state index in [9.17, 15) is 14.4 Å². The number of ether oxygens (including phenoxy) is 2. The molecule has 1 aliphatic heterocycles. The van der Waals surface area contributed by atoms with E-state index in [1.165, 1.54) is 51.4 Å². The maximum atomic E-state index is 11.8. The second-order valence-electron chi connectivity index (χ2n) is 8.68. The van der Waals surface area contributed by atoms with Crippen LogP contribution < -0.4 is 5.73 Å². The van der Waals surface area contributed by atoms with Crippen LogP contribution >= 0.6 is 0 Å². The van der Waals surface area contributed by atoms with Crippen molar-refractivity contribution in [3.63, 3.8) is 0 Å².